The summed E-state index contributed by atoms with van der Waals surface area (Å²) < 4.78 is 56.8. The van der Waals surface area contributed by atoms with Crippen LogP contribution < -0.4 is 14.8 Å². The Morgan fingerprint density at radius 2 is 2.33 bits per heavy atom. The van der Waals surface area contributed by atoms with Gasteiger partial charge in [-0.15, -0.1) is 0 Å². The summed E-state index contributed by atoms with van der Waals surface area (Å²) in [6.07, 6.45) is -0.722. The van der Waals surface area contributed by atoms with E-state index >= 15 is 0 Å². The zero-order valence-electron chi connectivity index (χ0n) is 13.7. The molecule has 0 radical (unpaired) electrons. The maximum atomic E-state index is 7.82. The fraction of sp³-hybridized carbons (Fsp3) is 0.364. The van der Waals surface area contributed by atoms with Crippen molar-refractivity contribution < 1.29 is 17.7 Å². The number of para-hydroxylation sites is 2. The van der Waals surface area contributed by atoms with Gasteiger partial charge in [-0.1, -0.05) is 12.1 Å². The number of ether oxygens (including phenoxy) is 2. The van der Waals surface area contributed by atoms with Gasteiger partial charge in [0.05, 0.1) is 14.7 Å². The van der Waals surface area contributed by atoms with E-state index in [0.29, 0.717) is 0 Å². The van der Waals surface area contributed by atoms with E-state index in [-0.39, 0.29) is 42.1 Å². The van der Waals surface area contributed by atoms with Crippen LogP contribution in [-0.4, -0.2) is 31.6 Å². The van der Waals surface area contributed by atoms with Gasteiger partial charge in [0.25, 0.3) is 0 Å². The number of hydrogen-bond donors (Lipinski definition) is 1. The summed E-state index contributed by atoms with van der Waals surface area (Å²) in [6.45, 7) is -1.83. The second-order valence-electron chi connectivity index (χ2n) is 3.05. The third-order valence-electron chi connectivity index (χ3n) is 2.08. The summed E-state index contributed by atoms with van der Waals surface area (Å²) in [5.41, 5.74) is 0. The first-order chi connectivity index (χ1) is 9.90. The monoisotopic (exact) mass is 210 g/mol. The van der Waals surface area contributed by atoms with Crippen LogP contribution in [-0.2, 0) is 0 Å². The van der Waals surface area contributed by atoms with Crippen molar-refractivity contribution in [2.45, 2.75) is 6.10 Å². The van der Waals surface area contributed by atoms with Gasteiger partial charge in [0.1, 0.15) is 12.4 Å². The van der Waals surface area contributed by atoms with Gasteiger partial charge in [0, 0.05) is 6.52 Å². The van der Waals surface area contributed by atoms with Crippen molar-refractivity contribution in [3.8, 4) is 11.5 Å². The summed E-state index contributed by atoms with van der Waals surface area (Å²) in [5.74, 6) is 0.186. The first kappa shape index (κ1) is 4.43. The lowest BCUT2D eigenvalue weighted by molar-refractivity contribution is 0.133. The van der Waals surface area contributed by atoms with Gasteiger partial charge in [0.15, 0.2) is 17.6 Å². The lowest BCUT2D eigenvalue weighted by atomic mass is 10.2. The summed E-state index contributed by atoms with van der Waals surface area (Å²) in [6, 6.07) is -1.39. The van der Waals surface area contributed by atoms with Gasteiger partial charge in [-0.25, -0.2) is 0 Å². The zero-order valence-corrected chi connectivity index (χ0v) is 7.70. The van der Waals surface area contributed by atoms with Crippen LogP contribution in [0.1, 0.15) is 8.22 Å². The summed E-state index contributed by atoms with van der Waals surface area (Å²) in [5, 5.41) is 2.70. The molecule has 0 saturated heterocycles. The van der Waals surface area contributed by atoms with Crippen LogP contribution in [0.2, 0.25) is 0 Å². The molecule has 1 aromatic carbocycles. The predicted molar refractivity (Wildman–Crippen MR) is 56.7 cm³/mol. The van der Waals surface area contributed by atoms with Crippen molar-refractivity contribution in [2.75, 3.05) is 19.6 Å². The summed E-state index contributed by atoms with van der Waals surface area (Å²) in [7, 11) is 0. The molecule has 0 amide bonds. The Kier molecular flexibility index (Phi) is 1.02. The average molecular weight is 210 g/mol. The Morgan fingerprint density at radius 1 is 1.47 bits per heavy atom. The fourth-order valence-electron chi connectivity index (χ4n) is 1.40. The molecule has 0 spiro atoms. The molecule has 4 heteroatoms. The molecule has 0 fully saturated rings. The topological polar surface area (TPSA) is 42.8 Å². The minimum Gasteiger partial charge on any atom is -0.485 e. The van der Waals surface area contributed by atoms with Crippen LogP contribution in [0.25, 0.3) is 0 Å². The van der Waals surface area contributed by atoms with Crippen LogP contribution in [0.4, 0.5) is 0 Å². The molecular formula is C11H12N2O2. The average Bonchev–Trinajstić information content (AvgIpc) is 2.82. The fourth-order valence-corrected chi connectivity index (χ4v) is 1.40. The summed E-state index contributed by atoms with van der Waals surface area (Å²) >= 11 is 0. The third-order valence-corrected chi connectivity index (χ3v) is 2.08. The molecule has 3 atom stereocenters. The van der Waals surface area contributed by atoms with Gasteiger partial charge in [0.2, 0.25) is 0 Å². The number of nitrogens with one attached hydrogen (secondary N) is 1. The number of aliphatic imine (C=N–C) groups is 1. The van der Waals surface area contributed by atoms with E-state index < -0.39 is 25.2 Å². The van der Waals surface area contributed by atoms with E-state index in [0.717, 1.165) is 0 Å². The Balaban J connectivity index is 1.95. The Hall–Kier alpha value is -1.71. The van der Waals surface area contributed by atoms with Crippen LogP contribution in [0.5, 0.6) is 11.5 Å². The van der Waals surface area contributed by atoms with Crippen LogP contribution in [0.15, 0.2) is 29.2 Å². The van der Waals surface area contributed by atoms with Crippen LogP contribution in [0.3, 0.4) is 0 Å². The predicted octanol–water partition coefficient (Wildman–Crippen LogP) is 0.828. The molecule has 3 rings (SSSR count). The van der Waals surface area contributed by atoms with Crippen molar-refractivity contribution >= 4 is 5.84 Å². The zero-order chi connectivity index (χ0) is 15.3. The highest BCUT2D eigenvalue weighted by atomic mass is 16.6. The van der Waals surface area contributed by atoms with Crippen molar-refractivity contribution in [1.82, 2.24) is 5.32 Å². The van der Waals surface area contributed by atoms with Gasteiger partial charge < -0.3 is 14.8 Å². The van der Waals surface area contributed by atoms with E-state index in [1.807, 2.05) is 0 Å². The van der Waals surface area contributed by atoms with Gasteiger partial charge >= 0.3 is 0 Å². The number of fused-ring (bicyclic) bond motifs is 1. The number of benzene rings is 1. The highest BCUT2D eigenvalue weighted by molar-refractivity contribution is 5.88. The molecule has 3 unspecified atom stereocenters. The standard InChI is InChI=1S/C11H12N2O2/c1-2-4-9-8(3-1)14-7-10(15-9)11-12-5-6-13-11/h1-4,10H,5-7H2,(H,12,13)/i1D,2D,3D,4D,5D,6D. The Morgan fingerprint density at radius 3 is 3.13 bits per heavy atom. The van der Waals surface area contributed by atoms with E-state index in [9.17, 15) is 0 Å². The highest BCUT2D eigenvalue weighted by Crippen LogP contribution is 2.31. The molecule has 78 valence electrons. The molecule has 2 aliphatic rings. The molecule has 0 aromatic heterocycles. The van der Waals surface area contributed by atoms with Crippen molar-refractivity contribution in [2.24, 2.45) is 4.99 Å². The lowest BCUT2D eigenvalue weighted by Crippen LogP contribution is -2.42. The van der Waals surface area contributed by atoms with Crippen LogP contribution >= 0.6 is 0 Å². The smallest absolute Gasteiger partial charge is 0.189 e. The lowest BCUT2D eigenvalue weighted by Gasteiger charge is -2.26. The van der Waals surface area contributed by atoms with Crippen molar-refractivity contribution in [3.05, 3.63) is 24.2 Å². The van der Waals surface area contributed by atoms with E-state index in [1.165, 1.54) is 0 Å². The van der Waals surface area contributed by atoms with Crippen molar-refractivity contribution in [1.29, 1.82) is 0 Å². The van der Waals surface area contributed by atoms with E-state index in [1.54, 1.807) is 0 Å². The minimum absolute atomic E-state index is 0.000377. The Labute approximate surface area is 96.3 Å². The second-order valence-corrected chi connectivity index (χ2v) is 3.05. The number of amidine groups is 1. The maximum absolute atomic E-state index is 7.82. The molecule has 2 aliphatic heterocycles. The first-order valence-electron chi connectivity index (χ1n) is 7.64. The van der Waals surface area contributed by atoms with Crippen molar-refractivity contribution in [3.63, 3.8) is 0 Å². The minimum atomic E-state index is -0.949. The largest absolute Gasteiger partial charge is 0.485 e. The molecule has 0 saturated carbocycles. The number of nitrogens with zero attached hydrogens (tertiary/aromatic N) is 1. The molecule has 15 heavy (non-hydrogen) atoms. The number of hydrogen-bond acceptors (Lipinski definition) is 4. The molecule has 1 N–H and O–H groups in total. The number of rotatable bonds is 1. The van der Waals surface area contributed by atoms with Gasteiger partial charge in [-0.2, -0.15) is 0 Å². The quantitative estimate of drug-likeness (QED) is 0.746. The van der Waals surface area contributed by atoms with E-state index in [2.05, 4.69) is 10.3 Å². The molecule has 2 heterocycles. The highest BCUT2D eigenvalue weighted by Gasteiger charge is 2.26. The molecule has 1 aromatic rings. The molecule has 0 bridgehead atoms. The molecule has 0 aliphatic carbocycles. The summed E-state index contributed by atoms with van der Waals surface area (Å²) in [4.78, 5) is 3.95. The van der Waals surface area contributed by atoms with Gasteiger partial charge in [-0.05, 0) is 12.1 Å². The third kappa shape index (κ3) is 1.52. The SMILES string of the molecule is [2H]c1c([2H])c([2H])c2c(c1[2H])OCC(C1=NC([2H])C([2H])N1)O2. The van der Waals surface area contributed by atoms with Gasteiger partial charge in [-0.3, -0.25) is 4.99 Å². The van der Waals surface area contributed by atoms with Crippen LogP contribution in [0, 0.1) is 0 Å². The first-order valence-corrected chi connectivity index (χ1v) is 4.48. The second kappa shape index (κ2) is 3.46. The molecular weight excluding hydrogens is 192 g/mol. The maximum Gasteiger partial charge on any atom is 0.189 e. The Bertz CT molecular complexity index is 638. The molecule has 4 nitrogen and oxygen atoms in total. The normalized spacial score (nSPS) is 38.7. The van der Waals surface area contributed by atoms with E-state index in [4.69, 9.17) is 17.7 Å².